The first-order chi connectivity index (χ1) is 5.77. The molecule has 0 aromatic rings. The van der Waals surface area contributed by atoms with E-state index in [1.807, 2.05) is 4.90 Å². The predicted octanol–water partition coefficient (Wildman–Crippen LogP) is 0.564. The van der Waals surface area contributed by atoms with Gasteiger partial charge in [0.05, 0.1) is 12.7 Å². The third-order valence-corrected chi connectivity index (χ3v) is 3.02. The third-order valence-electron chi connectivity index (χ3n) is 3.02. The summed E-state index contributed by atoms with van der Waals surface area (Å²) in [5, 5.41) is 3.15. The quantitative estimate of drug-likeness (QED) is 0.653. The molecule has 1 heterocycles. The van der Waals surface area contributed by atoms with Crippen LogP contribution in [0, 0.1) is 5.92 Å². The summed E-state index contributed by atoms with van der Waals surface area (Å²) in [4.78, 5) is 13.3. The van der Waals surface area contributed by atoms with E-state index in [2.05, 4.69) is 12.2 Å². The van der Waals surface area contributed by atoms with E-state index in [4.69, 9.17) is 0 Å². The number of amides is 1. The maximum absolute atomic E-state index is 11.3. The SMILES string of the molecule is CC1NCC(=O)N1CC1CCC1. The lowest BCUT2D eigenvalue weighted by atomic mass is 9.85. The van der Waals surface area contributed by atoms with E-state index in [1.54, 1.807) is 0 Å². The highest BCUT2D eigenvalue weighted by Gasteiger charge is 2.30. The normalized spacial score (nSPS) is 30.9. The van der Waals surface area contributed by atoms with Crippen molar-refractivity contribution >= 4 is 5.91 Å². The van der Waals surface area contributed by atoms with Gasteiger partial charge in [0.15, 0.2) is 0 Å². The van der Waals surface area contributed by atoms with Crippen molar-refractivity contribution in [2.24, 2.45) is 5.92 Å². The van der Waals surface area contributed by atoms with E-state index in [1.165, 1.54) is 19.3 Å². The Hall–Kier alpha value is -0.570. The molecule has 68 valence electrons. The lowest BCUT2D eigenvalue weighted by molar-refractivity contribution is -0.128. The van der Waals surface area contributed by atoms with Gasteiger partial charge in [0, 0.05) is 6.54 Å². The largest absolute Gasteiger partial charge is 0.326 e. The van der Waals surface area contributed by atoms with Crippen LogP contribution in [-0.2, 0) is 4.79 Å². The maximum Gasteiger partial charge on any atom is 0.237 e. The molecule has 1 saturated carbocycles. The number of carbonyl (C=O) groups is 1. The minimum absolute atomic E-state index is 0.262. The van der Waals surface area contributed by atoms with Crippen molar-refractivity contribution in [1.29, 1.82) is 0 Å². The summed E-state index contributed by atoms with van der Waals surface area (Å²) < 4.78 is 0. The number of nitrogens with zero attached hydrogens (tertiary/aromatic N) is 1. The van der Waals surface area contributed by atoms with E-state index in [9.17, 15) is 4.79 Å². The summed E-state index contributed by atoms with van der Waals surface area (Å²) in [6.07, 6.45) is 4.25. The van der Waals surface area contributed by atoms with Crippen molar-refractivity contribution in [3.63, 3.8) is 0 Å². The van der Waals surface area contributed by atoms with Gasteiger partial charge in [0.25, 0.3) is 0 Å². The molecular weight excluding hydrogens is 152 g/mol. The van der Waals surface area contributed by atoms with Crippen molar-refractivity contribution < 1.29 is 4.79 Å². The van der Waals surface area contributed by atoms with Crippen LogP contribution in [0.5, 0.6) is 0 Å². The van der Waals surface area contributed by atoms with Crippen LogP contribution in [0.4, 0.5) is 0 Å². The highest BCUT2D eigenvalue weighted by Crippen LogP contribution is 2.28. The second-order valence-electron chi connectivity index (χ2n) is 3.90. The van der Waals surface area contributed by atoms with Crippen LogP contribution in [0.2, 0.25) is 0 Å². The monoisotopic (exact) mass is 168 g/mol. The van der Waals surface area contributed by atoms with Crippen LogP contribution in [0.15, 0.2) is 0 Å². The Morgan fingerprint density at radius 3 is 2.75 bits per heavy atom. The van der Waals surface area contributed by atoms with E-state index in [-0.39, 0.29) is 12.1 Å². The summed E-state index contributed by atoms with van der Waals surface area (Å²) in [5.41, 5.74) is 0. The van der Waals surface area contributed by atoms with Crippen LogP contribution in [0.25, 0.3) is 0 Å². The lowest BCUT2D eigenvalue weighted by Crippen LogP contribution is -2.39. The Morgan fingerprint density at radius 2 is 2.33 bits per heavy atom. The highest BCUT2D eigenvalue weighted by atomic mass is 16.2. The molecular formula is C9H16N2O. The van der Waals surface area contributed by atoms with Crippen molar-refractivity contribution in [3.05, 3.63) is 0 Å². The van der Waals surface area contributed by atoms with E-state index >= 15 is 0 Å². The fourth-order valence-corrected chi connectivity index (χ4v) is 1.88. The molecule has 3 heteroatoms. The minimum atomic E-state index is 0.262. The zero-order valence-electron chi connectivity index (χ0n) is 7.55. The maximum atomic E-state index is 11.3. The van der Waals surface area contributed by atoms with Gasteiger partial charge in [-0.15, -0.1) is 0 Å². The van der Waals surface area contributed by atoms with E-state index < -0.39 is 0 Å². The Morgan fingerprint density at radius 1 is 1.58 bits per heavy atom. The number of rotatable bonds is 2. The average Bonchev–Trinajstić information content (AvgIpc) is 2.25. The van der Waals surface area contributed by atoms with Gasteiger partial charge in [0.2, 0.25) is 5.91 Å². The third kappa shape index (κ3) is 1.33. The molecule has 1 N–H and O–H groups in total. The molecule has 0 aromatic carbocycles. The van der Waals surface area contributed by atoms with Gasteiger partial charge in [-0.05, 0) is 25.7 Å². The van der Waals surface area contributed by atoms with Crippen molar-refractivity contribution in [3.8, 4) is 0 Å². The van der Waals surface area contributed by atoms with Crippen LogP contribution in [-0.4, -0.2) is 30.1 Å². The van der Waals surface area contributed by atoms with Gasteiger partial charge in [0.1, 0.15) is 0 Å². The van der Waals surface area contributed by atoms with E-state index in [0.29, 0.717) is 6.54 Å². The fraction of sp³-hybridized carbons (Fsp3) is 0.889. The summed E-state index contributed by atoms with van der Waals surface area (Å²) >= 11 is 0. The van der Waals surface area contributed by atoms with Gasteiger partial charge in [-0.1, -0.05) is 6.42 Å². The first kappa shape index (κ1) is 8.05. The standard InChI is InChI=1S/C9H16N2O/c1-7-10-5-9(12)11(7)6-8-3-2-4-8/h7-8,10H,2-6H2,1H3. The fourth-order valence-electron chi connectivity index (χ4n) is 1.88. The molecule has 2 rings (SSSR count). The summed E-state index contributed by atoms with van der Waals surface area (Å²) in [7, 11) is 0. The molecule has 1 unspecified atom stereocenters. The van der Waals surface area contributed by atoms with Crippen molar-refractivity contribution in [2.75, 3.05) is 13.1 Å². The van der Waals surface area contributed by atoms with Crippen LogP contribution >= 0.6 is 0 Å². The molecule has 0 spiro atoms. The highest BCUT2D eigenvalue weighted by molar-refractivity contribution is 5.80. The molecule has 1 aliphatic heterocycles. The molecule has 1 aliphatic carbocycles. The average molecular weight is 168 g/mol. The lowest BCUT2D eigenvalue weighted by Gasteiger charge is -2.31. The molecule has 0 bridgehead atoms. The second-order valence-corrected chi connectivity index (χ2v) is 3.90. The zero-order chi connectivity index (χ0) is 8.55. The Bertz CT molecular complexity index is 189. The van der Waals surface area contributed by atoms with Crippen molar-refractivity contribution in [1.82, 2.24) is 10.2 Å². The van der Waals surface area contributed by atoms with Crippen LogP contribution in [0.3, 0.4) is 0 Å². The molecule has 1 saturated heterocycles. The topological polar surface area (TPSA) is 32.3 Å². The molecule has 1 amide bonds. The van der Waals surface area contributed by atoms with E-state index in [0.717, 1.165) is 12.5 Å². The second kappa shape index (κ2) is 3.05. The molecule has 0 aromatic heterocycles. The first-order valence-corrected chi connectivity index (χ1v) is 4.80. The van der Waals surface area contributed by atoms with Gasteiger partial charge in [-0.3, -0.25) is 10.1 Å². The van der Waals surface area contributed by atoms with Gasteiger partial charge in [-0.25, -0.2) is 0 Å². The number of nitrogens with one attached hydrogen (secondary N) is 1. The number of carbonyl (C=O) groups excluding carboxylic acids is 1. The summed E-state index contributed by atoms with van der Waals surface area (Å²) in [6.45, 7) is 3.57. The summed E-state index contributed by atoms with van der Waals surface area (Å²) in [6, 6.07) is 0. The Kier molecular flexibility index (Phi) is 2.05. The molecule has 0 radical (unpaired) electrons. The summed E-state index contributed by atoms with van der Waals surface area (Å²) in [5.74, 6) is 1.06. The number of hydrogen-bond acceptors (Lipinski definition) is 2. The van der Waals surface area contributed by atoms with Crippen LogP contribution in [0.1, 0.15) is 26.2 Å². The smallest absolute Gasteiger partial charge is 0.237 e. The van der Waals surface area contributed by atoms with Gasteiger partial charge < -0.3 is 4.90 Å². The zero-order valence-corrected chi connectivity index (χ0v) is 7.55. The first-order valence-electron chi connectivity index (χ1n) is 4.80. The molecule has 2 aliphatic rings. The molecule has 12 heavy (non-hydrogen) atoms. The van der Waals surface area contributed by atoms with Gasteiger partial charge in [-0.2, -0.15) is 0 Å². The Labute approximate surface area is 73.1 Å². The molecule has 2 fully saturated rings. The predicted molar refractivity (Wildman–Crippen MR) is 46.5 cm³/mol. The molecule has 3 nitrogen and oxygen atoms in total. The Balaban J connectivity index is 1.88. The number of hydrogen-bond donors (Lipinski definition) is 1. The van der Waals surface area contributed by atoms with Crippen molar-refractivity contribution in [2.45, 2.75) is 32.4 Å². The minimum Gasteiger partial charge on any atom is -0.326 e. The van der Waals surface area contributed by atoms with Gasteiger partial charge >= 0.3 is 0 Å². The van der Waals surface area contributed by atoms with Crippen LogP contribution < -0.4 is 5.32 Å². The molecule has 1 atom stereocenters.